The average Bonchev–Trinajstić information content (AvgIpc) is 2.63. The van der Waals surface area contributed by atoms with E-state index in [1.54, 1.807) is 12.1 Å². The number of hydrogen-bond acceptors (Lipinski definition) is 9. The Bertz CT molecular complexity index is 957. The van der Waals surface area contributed by atoms with Crippen molar-refractivity contribution in [3.63, 3.8) is 0 Å². The van der Waals surface area contributed by atoms with E-state index in [-0.39, 0.29) is 22.3 Å². The molecule has 0 spiro atoms. The highest BCUT2D eigenvalue weighted by molar-refractivity contribution is 7.92. The second-order valence-corrected chi connectivity index (χ2v) is 6.05. The van der Waals surface area contributed by atoms with Gasteiger partial charge in [-0.1, -0.05) is 0 Å². The lowest BCUT2D eigenvalue weighted by molar-refractivity contribution is 0.397. The maximum atomic E-state index is 12.3. The molecule has 1 aromatic heterocycles. The number of hydrazone groups is 1. The van der Waals surface area contributed by atoms with E-state index >= 15 is 0 Å². The first-order chi connectivity index (χ1) is 12.0. The number of ether oxygens (including phenoxy) is 1. The third-order valence-electron chi connectivity index (χ3n) is 2.76. The second kappa shape index (κ2) is 7.72. The molecule has 0 aliphatic rings. The molecule has 0 saturated carbocycles. The molecule has 0 atom stereocenters. The zero-order chi connectivity index (χ0) is 18.3. The maximum Gasteiger partial charge on any atom is 0.263 e. The van der Waals surface area contributed by atoms with Gasteiger partial charge in [0, 0.05) is 6.07 Å². The van der Waals surface area contributed by atoms with Gasteiger partial charge in [0.1, 0.15) is 24.3 Å². The van der Waals surface area contributed by atoms with Gasteiger partial charge in [-0.3, -0.25) is 10.1 Å². The van der Waals surface area contributed by atoms with Gasteiger partial charge in [0.2, 0.25) is 11.6 Å². The molecular formula is C14H11N7O3S. The van der Waals surface area contributed by atoms with Crippen LogP contribution in [0.2, 0.25) is 0 Å². The number of sulfonamides is 1. The maximum absolute atomic E-state index is 12.3. The SMILES string of the molecule is COc1cc(NS(=O)(=O)c2ccc(NN=C(C#N)C#N)cc2)ncn1. The van der Waals surface area contributed by atoms with Crippen LogP contribution in [-0.4, -0.2) is 31.2 Å². The van der Waals surface area contributed by atoms with E-state index < -0.39 is 10.0 Å². The zero-order valence-corrected chi connectivity index (χ0v) is 13.6. The van der Waals surface area contributed by atoms with Crippen LogP contribution in [-0.2, 0) is 10.0 Å². The number of anilines is 2. The summed E-state index contributed by atoms with van der Waals surface area (Å²) >= 11 is 0. The van der Waals surface area contributed by atoms with Crippen molar-refractivity contribution in [1.82, 2.24) is 9.97 Å². The van der Waals surface area contributed by atoms with Gasteiger partial charge in [-0.05, 0) is 24.3 Å². The molecular weight excluding hydrogens is 346 g/mol. The molecule has 11 heteroatoms. The summed E-state index contributed by atoms with van der Waals surface area (Å²) in [6, 6.07) is 10.1. The summed E-state index contributed by atoms with van der Waals surface area (Å²) < 4.78 is 31.9. The van der Waals surface area contributed by atoms with Gasteiger partial charge in [0.15, 0.2) is 0 Å². The summed E-state index contributed by atoms with van der Waals surface area (Å²) in [5.74, 6) is 0.280. The lowest BCUT2D eigenvalue weighted by Crippen LogP contribution is -2.14. The van der Waals surface area contributed by atoms with Crippen molar-refractivity contribution in [2.75, 3.05) is 17.3 Å². The van der Waals surface area contributed by atoms with E-state index in [1.807, 2.05) is 0 Å². The molecule has 2 N–H and O–H groups in total. The van der Waals surface area contributed by atoms with Crippen LogP contribution in [0.15, 0.2) is 46.7 Å². The monoisotopic (exact) mass is 357 g/mol. The summed E-state index contributed by atoms with van der Waals surface area (Å²) in [7, 11) is -2.46. The molecule has 10 nitrogen and oxygen atoms in total. The molecule has 0 bridgehead atoms. The van der Waals surface area contributed by atoms with Gasteiger partial charge in [-0.15, -0.1) is 0 Å². The van der Waals surface area contributed by atoms with Crippen LogP contribution in [0.3, 0.4) is 0 Å². The minimum Gasteiger partial charge on any atom is -0.481 e. The van der Waals surface area contributed by atoms with Crippen LogP contribution < -0.4 is 14.9 Å². The quantitative estimate of drug-likeness (QED) is 0.575. The Kier molecular flexibility index (Phi) is 5.45. The summed E-state index contributed by atoms with van der Waals surface area (Å²) in [6.45, 7) is 0. The zero-order valence-electron chi connectivity index (χ0n) is 12.8. The van der Waals surface area contributed by atoms with Crippen molar-refractivity contribution in [3.05, 3.63) is 36.7 Å². The Morgan fingerprint density at radius 1 is 1.20 bits per heavy atom. The molecule has 25 heavy (non-hydrogen) atoms. The molecule has 0 aliphatic carbocycles. The molecule has 2 rings (SSSR count). The number of nitrogens with one attached hydrogen (secondary N) is 2. The summed E-state index contributed by atoms with van der Waals surface area (Å²) in [5.41, 5.74) is 2.54. The number of aromatic nitrogens is 2. The van der Waals surface area contributed by atoms with Crippen molar-refractivity contribution in [2.45, 2.75) is 4.90 Å². The van der Waals surface area contributed by atoms with E-state index in [1.165, 1.54) is 43.8 Å². The summed E-state index contributed by atoms with van der Waals surface area (Å²) in [4.78, 5) is 7.58. The average molecular weight is 357 g/mol. The minimum atomic E-state index is -3.86. The fraction of sp³-hybridized carbons (Fsp3) is 0.0714. The van der Waals surface area contributed by atoms with Crippen LogP contribution in [0.5, 0.6) is 5.88 Å². The number of nitriles is 2. The number of benzene rings is 1. The molecule has 0 amide bonds. The minimum absolute atomic E-state index is 0.0135. The summed E-state index contributed by atoms with van der Waals surface area (Å²) in [6.07, 6.45) is 1.17. The first kappa shape index (κ1) is 17.7. The smallest absolute Gasteiger partial charge is 0.263 e. The van der Waals surface area contributed by atoms with Crippen LogP contribution in [0.25, 0.3) is 0 Å². The Morgan fingerprint density at radius 2 is 1.88 bits per heavy atom. The number of hydrogen-bond donors (Lipinski definition) is 2. The van der Waals surface area contributed by atoms with Gasteiger partial charge >= 0.3 is 0 Å². The van der Waals surface area contributed by atoms with Crippen LogP contribution in [0.4, 0.5) is 11.5 Å². The lowest BCUT2D eigenvalue weighted by atomic mass is 10.3. The standard InChI is InChI=1S/C14H11N7O3S/c1-24-14-6-13(17-9-18-14)21-25(22,23)12-4-2-10(3-5-12)19-20-11(7-15)8-16/h2-6,9,19H,1H3,(H,17,18,21). The molecule has 126 valence electrons. The van der Waals surface area contributed by atoms with Crippen molar-refractivity contribution in [1.29, 1.82) is 10.5 Å². The molecule has 1 heterocycles. The highest BCUT2D eigenvalue weighted by Crippen LogP contribution is 2.18. The molecule has 0 unspecified atom stereocenters. The van der Waals surface area contributed by atoms with E-state index in [4.69, 9.17) is 15.3 Å². The van der Waals surface area contributed by atoms with Crippen LogP contribution in [0, 0.1) is 22.7 Å². The molecule has 0 fully saturated rings. The topological polar surface area (TPSA) is 153 Å². The lowest BCUT2D eigenvalue weighted by Gasteiger charge is -2.08. The predicted octanol–water partition coefficient (Wildman–Crippen LogP) is 1.10. The molecule has 0 aliphatic heterocycles. The van der Waals surface area contributed by atoms with Crippen molar-refractivity contribution in [3.8, 4) is 18.0 Å². The second-order valence-electron chi connectivity index (χ2n) is 4.37. The highest BCUT2D eigenvalue weighted by atomic mass is 32.2. The van der Waals surface area contributed by atoms with Gasteiger partial charge in [0.25, 0.3) is 10.0 Å². The van der Waals surface area contributed by atoms with Crippen molar-refractivity contribution >= 4 is 27.2 Å². The first-order valence-corrected chi connectivity index (χ1v) is 8.09. The number of rotatable bonds is 6. The van der Waals surface area contributed by atoms with E-state index in [2.05, 4.69) is 25.2 Å². The highest BCUT2D eigenvalue weighted by Gasteiger charge is 2.15. The molecule has 1 aromatic carbocycles. The van der Waals surface area contributed by atoms with Gasteiger partial charge in [0.05, 0.1) is 17.7 Å². The van der Waals surface area contributed by atoms with Crippen molar-refractivity contribution < 1.29 is 13.2 Å². The number of methoxy groups -OCH3 is 1. The largest absolute Gasteiger partial charge is 0.481 e. The van der Waals surface area contributed by atoms with E-state index in [0.29, 0.717) is 5.69 Å². The Balaban J connectivity index is 2.16. The summed E-state index contributed by atoms with van der Waals surface area (Å²) in [5, 5.41) is 20.7. The molecule has 0 saturated heterocycles. The third kappa shape index (κ3) is 4.63. The predicted molar refractivity (Wildman–Crippen MR) is 88.1 cm³/mol. The first-order valence-electron chi connectivity index (χ1n) is 6.61. The third-order valence-corrected chi connectivity index (χ3v) is 4.13. The van der Waals surface area contributed by atoms with Gasteiger partial charge < -0.3 is 4.74 Å². The van der Waals surface area contributed by atoms with Crippen molar-refractivity contribution in [2.24, 2.45) is 5.10 Å². The van der Waals surface area contributed by atoms with E-state index in [9.17, 15) is 8.42 Å². The molecule has 2 aromatic rings. The Labute approximate surface area is 143 Å². The number of nitrogens with zero attached hydrogens (tertiary/aromatic N) is 5. The van der Waals surface area contributed by atoms with Gasteiger partial charge in [-0.25, -0.2) is 18.4 Å². The fourth-order valence-corrected chi connectivity index (χ4v) is 2.61. The Morgan fingerprint density at radius 3 is 2.48 bits per heavy atom. The van der Waals surface area contributed by atoms with Gasteiger partial charge in [-0.2, -0.15) is 15.6 Å². The normalized spacial score (nSPS) is 10.0. The van der Waals surface area contributed by atoms with Crippen LogP contribution in [0.1, 0.15) is 0 Å². The Hall–Kier alpha value is -3.70. The molecule has 0 radical (unpaired) electrons. The fourth-order valence-electron chi connectivity index (χ4n) is 1.61. The van der Waals surface area contributed by atoms with E-state index in [0.717, 1.165) is 0 Å². The van der Waals surface area contributed by atoms with Crippen LogP contribution >= 0.6 is 0 Å².